The van der Waals surface area contributed by atoms with Gasteiger partial charge in [-0.2, -0.15) is 4.31 Å². The van der Waals surface area contributed by atoms with E-state index >= 15 is 0 Å². The van der Waals surface area contributed by atoms with Crippen molar-refractivity contribution in [1.82, 2.24) is 9.62 Å². The van der Waals surface area contributed by atoms with Gasteiger partial charge in [-0.15, -0.1) is 0 Å². The van der Waals surface area contributed by atoms with Crippen LogP contribution < -0.4 is 11.1 Å². The lowest BCUT2D eigenvalue weighted by atomic mass is 10.2. The van der Waals surface area contributed by atoms with E-state index in [0.29, 0.717) is 0 Å². The first-order valence-corrected chi connectivity index (χ1v) is 7.66. The van der Waals surface area contributed by atoms with Crippen molar-refractivity contribution < 1.29 is 23.2 Å². The van der Waals surface area contributed by atoms with Gasteiger partial charge in [0, 0.05) is 25.2 Å². The monoisotopic (exact) mass is 330 g/mol. The largest absolute Gasteiger partial charge is 0.465 e. The lowest BCUT2D eigenvalue weighted by Gasteiger charge is -2.16. The molecule has 1 aromatic rings. The van der Waals surface area contributed by atoms with Crippen molar-refractivity contribution in [2.45, 2.75) is 17.0 Å². The zero-order valence-corrected chi connectivity index (χ0v) is 12.1. The van der Waals surface area contributed by atoms with Crippen LogP contribution in [0.25, 0.3) is 0 Å². The molecule has 1 saturated heterocycles. The predicted molar refractivity (Wildman–Crippen MR) is 74.8 cm³/mol. The van der Waals surface area contributed by atoms with E-state index in [1.165, 1.54) is 12.1 Å². The minimum atomic E-state index is -4.14. The van der Waals surface area contributed by atoms with Crippen molar-refractivity contribution in [3.05, 3.63) is 34.4 Å². The van der Waals surface area contributed by atoms with Crippen LogP contribution in [0.2, 0.25) is 0 Å². The molecular formula is C11H14N4O6S. The second-order valence-corrected chi connectivity index (χ2v) is 6.67. The fourth-order valence-corrected chi connectivity index (χ4v) is 3.93. The summed E-state index contributed by atoms with van der Waals surface area (Å²) in [5.74, 6) is 0. The van der Waals surface area contributed by atoms with Crippen molar-refractivity contribution >= 4 is 21.8 Å². The molecule has 1 aromatic carbocycles. The minimum Gasteiger partial charge on any atom is -0.465 e. The van der Waals surface area contributed by atoms with E-state index in [-0.39, 0.29) is 13.1 Å². The Morgan fingerprint density at radius 2 is 2.05 bits per heavy atom. The number of nitro groups is 1. The van der Waals surface area contributed by atoms with Gasteiger partial charge in [-0.05, 0) is 6.07 Å². The molecule has 0 aromatic heterocycles. The molecule has 10 nitrogen and oxygen atoms in total. The van der Waals surface area contributed by atoms with Crippen LogP contribution in [-0.2, 0) is 10.0 Å². The molecule has 2 unspecified atom stereocenters. The van der Waals surface area contributed by atoms with E-state index in [1.807, 2.05) is 0 Å². The molecule has 1 amide bonds. The van der Waals surface area contributed by atoms with Crippen molar-refractivity contribution in [2.75, 3.05) is 13.1 Å². The Labute approximate surface area is 125 Å². The maximum atomic E-state index is 12.5. The second-order valence-electron chi connectivity index (χ2n) is 4.77. The summed E-state index contributed by atoms with van der Waals surface area (Å²) in [6.45, 7) is -0.304. The first kappa shape index (κ1) is 16.1. The van der Waals surface area contributed by atoms with E-state index in [1.54, 1.807) is 0 Å². The summed E-state index contributed by atoms with van der Waals surface area (Å²) < 4.78 is 26.0. The lowest BCUT2D eigenvalue weighted by molar-refractivity contribution is -0.387. The molecule has 120 valence electrons. The summed E-state index contributed by atoms with van der Waals surface area (Å²) in [4.78, 5) is 20.4. The Bertz CT molecular complexity index is 706. The van der Waals surface area contributed by atoms with Crippen molar-refractivity contribution in [2.24, 2.45) is 5.73 Å². The van der Waals surface area contributed by atoms with Gasteiger partial charge in [0.15, 0.2) is 4.90 Å². The Hall–Kier alpha value is -2.24. The summed E-state index contributed by atoms with van der Waals surface area (Å²) in [5.41, 5.74) is 5.19. The number of amides is 1. The maximum Gasteiger partial charge on any atom is 0.404 e. The van der Waals surface area contributed by atoms with E-state index < -0.39 is 43.7 Å². The number of nitrogens with two attached hydrogens (primary N) is 1. The molecule has 0 radical (unpaired) electrons. The van der Waals surface area contributed by atoms with Gasteiger partial charge in [-0.1, -0.05) is 12.1 Å². The molecule has 0 aliphatic carbocycles. The third kappa shape index (κ3) is 3.00. The Morgan fingerprint density at radius 1 is 1.41 bits per heavy atom. The fourth-order valence-electron chi connectivity index (χ4n) is 2.26. The highest BCUT2D eigenvalue weighted by Gasteiger charge is 2.40. The maximum absolute atomic E-state index is 12.5. The summed E-state index contributed by atoms with van der Waals surface area (Å²) in [6.07, 6.45) is -1.31. The number of sulfonamides is 1. The number of hydrogen-bond donors (Lipinski definition) is 3. The average Bonchev–Trinajstić information content (AvgIpc) is 2.80. The number of nitrogens with zero attached hydrogens (tertiary/aromatic N) is 2. The molecule has 0 saturated carbocycles. The predicted octanol–water partition coefficient (Wildman–Crippen LogP) is -0.437. The molecule has 0 spiro atoms. The Morgan fingerprint density at radius 3 is 2.64 bits per heavy atom. The number of nitro benzene ring substituents is 1. The standard InChI is InChI=1S/C11H14N4O6S/c12-7-5-14(6-8(7)13-11(16)17)22(20,21)10-4-2-1-3-9(10)15(18)19/h1-4,7-8,13H,5-6,12H2,(H,16,17). The van der Waals surface area contributed by atoms with E-state index in [4.69, 9.17) is 10.8 Å². The third-order valence-electron chi connectivity index (χ3n) is 3.32. The molecule has 1 aliphatic heterocycles. The third-order valence-corrected chi connectivity index (χ3v) is 5.20. The Balaban J connectivity index is 2.33. The lowest BCUT2D eigenvalue weighted by Crippen LogP contribution is -2.46. The van der Waals surface area contributed by atoms with E-state index in [2.05, 4.69) is 5.32 Å². The summed E-state index contributed by atoms with van der Waals surface area (Å²) in [5, 5.41) is 21.8. The minimum absolute atomic E-state index is 0.126. The fraction of sp³-hybridized carbons (Fsp3) is 0.364. The van der Waals surface area contributed by atoms with Crippen LogP contribution in [0, 0.1) is 10.1 Å². The zero-order chi connectivity index (χ0) is 16.5. The highest BCUT2D eigenvalue weighted by Crippen LogP contribution is 2.28. The SMILES string of the molecule is NC1CN(S(=O)(=O)c2ccccc2[N+](=O)[O-])CC1NC(=O)O. The summed E-state index contributed by atoms with van der Waals surface area (Å²) in [6, 6.07) is 3.47. The summed E-state index contributed by atoms with van der Waals surface area (Å²) >= 11 is 0. The van der Waals surface area contributed by atoms with Crippen molar-refractivity contribution in [1.29, 1.82) is 0 Å². The highest BCUT2D eigenvalue weighted by molar-refractivity contribution is 7.89. The van der Waals surface area contributed by atoms with Crippen LogP contribution in [0.4, 0.5) is 10.5 Å². The molecule has 1 aliphatic rings. The van der Waals surface area contributed by atoms with Gasteiger partial charge in [0.05, 0.1) is 11.0 Å². The average molecular weight is 330 g/mol. The van der Waals surface area contributed by atoms with Crippen LogP contribution in [0.15, 0.2) is 29.2 Å². The first-order valence-electron chi connectivity index (χ1n) is 6.22. The van der Waals surface area contributed by atoms with Gasteiger partial charge in [0.1, 0.15) is 0 Å². The number of carboxylic acid groups (broad SMARTS) is 1. The quantitative estimate of drug-likeness (QED) is 0.499. The van der Waals surface area contributed by atoms with Gasteiger partial charge in [0.2, 0.25) is 10.0 Å². The molecule has 22 heavy (non-hydrogen) atoms. The number of para-hydroxylation sites is 1. The molecule has 11 heteroatoms. The van der Waals surface area contributed by atoms with Crippen LogP contribution >= 0.6 is 0 Å². The molecule has 0 bridgehead atoms. The van der Waals surface area contributed by atoms with Gasteiger partial charge in [-0.25, -0.2) is 13.2 Å². The van der Waals surface area contributed by atoms with Gasteiger partial charge in [-0.3, -0.25) is 10.1 Å². The van der Waals surface area contributed by atoms with Gasteiger partial charge in [0.25, 0.3) is 5.69 Å². The smallest absolute Gasteiger partial charge is 0.404 e. The van der Waals surface area contributed by atoms with Crippen LogP contribution in [-0.4, -0.2) is 54.0 Å². The summed E-state index contributed by atoms with van der Waals surface area (Å²) in [7, 11) is -4.14. The first-order chi connectivity index (χ1) is 10.2. The Kier molecular flexibility index (Phi) is 4.30. The number of nitrogens with one attached hydrogen (secondary N) is 1. The van der Waals surface area contributed by atoms with Crippen LogP contribution in [0.3, 0.4) is 0 Å². The number of benzene rings is 1. The number of hydrogen-bond acceptors (Lipinski definition) is 6. The molecule has 2 rings (SSSR count). The van der Waals surface area contributed by atoms with Crippen molar-refractivity contribution in [3.63, 3.8) is 0 Å². The number of rotatable bonds is 4. The molecular weight excluding hydrogens is 316 g/mol. The van der Waals surface area contributed by atoms with E-state index in [0.717, 1.165) is 16.4 Å². The highest BCUT2D eigenvalue weighted by atomic mass is 32.2. The zero-order valence-electron chi connectivity index (χ0n) is 11.2. The van der Waals surface area contributed by atoms with E-state index in [9.17, 15) is 23.3 Å². The normalized spacial score (nSPS) is 22.4. The number of carbonyl (C=O) groups is 1. The second kappa shape index (κ2) is 5.87. The molecule has 2 atom stereocenters. The molecule has 1 heterocycles. The van der Waals surface area contributed by atoms with Gasteiger partial charge < -0.3 is 16.2 Å². The molecule has 1 fully saturated rings. The van der Waals surface area contributed by atoms with Gasteiger partial charge >= 0.3 is 6.09 Å². The molecule has 4 N–H and O–H groups in total. The topological polar surface area (TPSA) is 156 Å². The van der Waals surface area contributed by atoms with Crippen LogP contribution in [0.1, 0.15) is 0 Å². The van der Waals surface area contributed by atoms with Crippen LogP contribution in [0.5, 0.6) is 0 Å². The van der Waals surface area contributed by atoms with Crippen molar-refractivity contribution in [3.8, 4) is 0 Å².